The van der Waals surface area contributed by atoms with Gasteiger partial charge in [-0.1, -0.05) is 24.0 Å². The van der Waals surface area contributed by atoms with Gasteiger partial charge in [0, 0.05) is 11.1 Å². The molecular formula is C18H17NO4S. The summed E-state index contributed by atoms with van der Waals surface area (Å²) >= 11 is 0. The van der Waals surface area contributed by atoms with Gasteiger partial charge >= 0.3 is 0 Å². The minimum Gasteiger partial charge on any atom is -0.497 e. The molecule has 0 aliphatic heterocycles. The van der Waals surface area contributed by atoms with Gasteiger partial charge in [-0.15, -0.1) is 0 Å². The number of benzene rings is 2. The van der Waals surface area contributed by atoms with Gasteiger partial charge in [-0.05, 0) is 43.3 Å². The Morgan fingerprint density at radius 1 is 1.17 bits per heavy atom. The Hall–Kier alpha value is -2.62. The van der Waals surface area contributed by atoms with E-state index in [0.717, 1.165) is 11.3 Å². The van der Waals surface area contributed by atoms with E-state index in [1.807, 2.05) is 0 Å². The summed E-state index contributed by atoms with van der Waals surface area (Å²) in [4.78, 5) is 11.4. The molecule has 0 spiro atoms. The Bertz CT molecular complexity index is 891. The smallest absolute Gasteiger partial charge is 0.241 e. The van der Waals surface area contributed by atoms with Gasteiger partial charge in [0.15, 0.2) is 5.78 Å². The van der Waals surface area contributed by atoms with Gasteiger partial charge in [-0.3, -0.25) is 4.79 Å². The van der Waals surface area contributed by atoms with E-state index in [-0.39, 0.29) is 17.2 Å². The molecule has 2 aromatic rings. The summed E-state index contributed by atoms with van der Waals surface area (Å²) in [5, 5.41) is 0. The molecule has 0 saturated carbocycles. The van der Waals surface area contributed by atoms with Crippen molar-refractivity contribution in [3.63, 3.8) is 0 Å². The largest absolute Gasteiger partial charge is 0.497 e. The Labute approximate surface area is 141 Å². The van der Waals surface area contributed by atoms with Crippen molar-refractivity contribution >= 4 is 15.8 Å². The van der Waals surface area contributed by atoms with Crippen molar-refractivity contribution in [2.75, 3.05) is 13.7 Å². The molecule has 0 fully saturated rings. The van der Waals surface area contributed by atoms with Crippen LogP contribution in [0.15, 0.2) is 53.4 Å². The Morgan fingerprint density at radius 2 is 1.88 bits per heavy atom. The highest BCUT2D eigenvalue weighted by Gasteiger charge is 2.14. The number of methoxy groups -OCH3 is 1. The number of Topliss-reactive ketones (excluding diaryl/α,β-unsaturated/α-hetero) is 1. The number of sulfonamides is 1. The van der Waals surface area contributed by atoms with Gasteiger partial charge in [-0.25, -0.2) is 8.42 Å². The molecule has 2 aromatic carbocycles. The van der Waals surface area contributed by atoms with Gasteiger partial charge in [0.2, 0.25) is 10.0 Å². The van der Waals surface area contributed by atoms with E-state index in [2.05, 4.69) is 16.6 Å². The number of hydrogen-bond acceptors (Lipinski definition) is 4. The fourth-order valence-corrected chi connectivity index (χ4v) is 2.89. The van der Waals surface area contributed by atoms with Crippen molar-refractivity contribution in [3.05, 3.63) is 59.7 Å². The highest BCUT2D eigenvalue weighted by Crippen LogP contribution is 2.12. The maximum atomic E-state index is 12.2. The molecular weight excluding hydrogens is 326 g/mol. The molecule has 5 nitrogen and oxygen atoms in total. The van der Waals surface area contributed by atoms with E-state index in [0.29, 0.717) is 5.56 Å². The summed E-state index contributed by atoms with van der Waals surface area (Å²) in [5.41, 5.74) is 1.11. The van der Waals surface area contributed by atoms with Crippen LogP contribution in [0.5, 0.6) is 5.75 Å². The number of hydrogen-bond donors (Lipinski definition) is 1. The Kier molecular flexibility index (Phi) is 5.74. The summed E-state index contributed by atoms with van der Waals surface area (Å²) in [6.45, 7) is 1.36. The zero-order valence-corrected chi connectivity index (χ0v) is 14.2. The molecule has 0 atom stereocenters. The van der Waals surface area contributed by atoms with Crippen LogP contribution in [0, 0.1) is 11.8 Å². The molecule has 0 heterocycles. The number of nitrogens with one attached hydrogen (secondary N) is 1. The number of ether oxygens (including phenoxy) is 1. The van der Waals surface area contributed by atoms with Crippen molar-refractivity contribution in [1.82, 2.24) is 4.72 Å². The van der Waals surface area contributed by atoms with Gasteiger partial charge in [0.1, 0.15) is 5.75 Å². The maximum absolute atomic E-state index is 12.2. The zero-order chi connectivity index (χ0) is 17.6. The molecule has 0 radical (unpaired) electrons. The van der Waals surface area contributed by atoms with Crippen LogP contribution in [-0.2, 0) is 10.0 Å². The molecule has 0 aliphatic carbocycles. The number of carbonyl (C=O) groups is 1. The maximum Gasteiger partial charge on any atom is 0.241 e. The number of ketones is 1. The van der Waals surface area contributed by atoms with E-state index in [9.17, 15) is 13.2 Å². The highest BCUT2D eigenvalue weighted by molar-refractivity contribution is 7.89. The predicted octanol–water partition coefficient (Wildman–Crippen LogP) is 2.23. The summed E-state index contributed by atoms with van der Waals surface area (Å²) in [7, 11) is -2.13. The van der Waals surface area contributed by atoms with Crippen molar-refractivity contribution in [1.29, 1.82) is 0 Å². The molecule has 0 saturated heterocycles. The fourth-order valence-electron chi connectivity index (χ4n) is 1.92. The minimum absolute atomic E-state index is 0.0291. The first-order chi connectivity index (χ1) is 11.4. The van der Waals surface area contributed by atoms with Gasteiger partial charge in [0.25, 0.3) is 0 Å². The van der Waals surface area contributed by atoms with E-state index < -0.39 is 10.0 Å². The fraction of sp³-hybridized carbons (Fsp3) is 0.167. The zero-order valence-electron chi connectivity index (χ0n) is 13.4. The summed E-state index contributed by atoms with van der Waals surface area (Å²) in [5.74, 6) is 6.16. The number of carbonyl (C=O) groups excluding carboxylic acids is 1. The van der Waals surface area contributed by atoms with E-state index >= 15 is 0 Å². The first kappa shape index (κ1) is 17.7. The van der Waals surface area contributed by atoms with Gasteiger partial charge in [0.05, 0.1) is 18.6 Å². The quantitative estimate of drug-likeness (QED) is 0.667. The van der Waals surface area contributed by atoms with Crippen LogP contribution in [0.2, 0.25) is 0 Å². The molecule has 24 heavy (non-hydrogen) atoms. The van der Waals surface area contributed by atoms with Crippen molar-refractivity contribution < 1.29 is 17.9 Å². The SMILES string of the molecule is COc1ccc(C#CCNS(=O)(=O)c2cccc(C(C)=O)c2)cc1. The lowest BCUT2D eigenvalue weighted by atomic mass is 10.2. The first-order valence-corrected chi connectivity index (χ1v) is 8.64. The second kappa shape index (κ2) is 7.77. The third-order valence-corrected chi connectivity index (χ3v) is 4.62. The Morgan fingerprint density at radius 3 is 2.50 bits per heavy atom. The van der Waals surface area contributed by atoms with Crippen LogP contribution < -0.4 is 9.46 Å². The molecule has 0 unspecified atom stereocenters. The molecule has 6 heteroatoms. The second-order valence-electron chi connectivity index (χ2n) is 4.94. The topological polar surface area (TPSA) is 72.5 Å². The number of rotatable bonds is 5. The molecule has 0 aliphatic rings. The van der Waals surface area contributed by atoms with E-state index in [1.54, 1.807) is 37.4 Å². The summed E-state index contributed by atoms with van der Waals surface area (Å²) in [6, 6.07) is 13.0. The monoisotopic (exact) mass is 343 g/mol. The van der Waals surface area contributed by atoms with Crippen LogP contribution in [0.25, 0.3) is 0 Å². The predicted molar refractivity (Wildman–Crippen MR) is 91.5 cm³/mol. The van der Waals surface area contributed by atoms with E-state index in [1.165, 1.54) is 25.1 Å². The van der Waals surface area contributed by atoms with Crippen molar-refractivity contribution in [3.8, 4) is 17.6 Å². The van der Waals surface area contributed by atoms with Crippen LogP contribution >= 0.6 is 0 Å². The lowest BCUT2D eigenvalue weighted by Crippen LogP contribution is -2.24. The molecule has 0 bridgehead atoms. The third kappa shape index (κ3) is 4.69. The average molecular weight is 343 g/mol. The van der Waals surface area contributed by atoms with Gasteiger partial charge in [-0.2, -0.15) is 4.72 Å². The molecule has 124 valence electrons. The normalized spacial score (nSPS) is 10.6. The highest BCUT2D eigenvalue weighted by atomic mass is 32.2. The van der Waals surface area contributed by atoms with Crippen molar-refractivity contribution in [2.45, 2.75) is 11.8 Å². The third-order valence-electron chi connectivity index (χ3n) is 3.22. The van der Waals surface area contributed by atoms with Crippen LogP contribution in [0.1, 0.15) is 22.8 Å². The minimum atomic E-state index is -3.71. The standard InChI is InChI=1S/C18H17NO4S/c1-14(20)16-6-3-7-18(13-16)24(21,22)19-12-4-5-15-8-10-17(23-2)11-9-15/h3,6-11,13,19H,12H2,1-2H3. The van der Waals surface area contributed by atoms with Crippen LogP contribution in [0.3, 0.4) is 0 Å². The lowest BCUT2D eigenvalue weighted by molar-refractivity contribution is 0.101. The summed E-state index contributed by atoms with van der Waals surface area (Å²) in [6.07, 6.45) is 0. The average Bonchev–Trinajstić information content (AvgIpc) is 2.59. The van der Waals surface area contributed by atoms with Crippen LogP contribution in [-0.4, -0.2) is 27.9 Å². The molecule has 0 aromatic heterocycles. The van der Waals surface area contributed by atoms with Crippen molar-refractivity contribution in [2.24, 2.45) is 0 Å². The first-order valence-electron chi connectivity index (χ1n) is 7.16. The second-order valence-corrected chi connectivity index (χ2v) is 6.71. The lowest BCUT2D eigenvalue weighted by Gasteiger charge is -2.05. The Balaban J connectivity index is 2.04. The molecule has 1 N–H and O–H groups in total. The van der Waals surface area contributed by atoms with Gasteiger partial charge < -0.3 is 4.74 Å². The van der Waals surface area contributed by atoms with E-state index in [4.69, 9.17) is 4.74 Å². The molecule has 0 amide bonds. The van der Waals surface area contributed by atoms with Crippen LogP contribution in [0.4, 0.5) is 0 Å². The molecule has 2 rings (SSSR count). The summed E-state index contributed by atoms with van der Waals surface area (Å²) < 4.78 is 31.8.